The highest BCUT2D eigenvalue weighted by atomic mass is 16.6. The molecule has 0 fully saturated rings. The summed E-state index contributed by atoms with van der Waals surface area (Å²) in [6.45, 7) is 4.33. The summed E-state index contributed by atoms with van der Waals surface area (Å²) < 4.78 is 9.60. The van der Waals surface area contributed by atoms with Crippen molar-refractivity contribution in [2.24, 2.45) is 0 Å². The third-order valence-electron chi connectivity index (χ3n) is 2.39. The average molecular weight is 264 g/mol. The zero-order valence-corrected chi connectivity index (χ0v) is 11.0. The van der Waals surface area contributed by atoms with Crippen LogP contribution in [0.4, 0.5) is 0 Å². The molecule has 1 unspecified atom stereocenters. The molecule has 18 heavy (non-hydrogen) atoms. The second-order valence-electron chi connectivity index (χ2n) is 4.07. The van der Waals surface area contributed by atoms with E-state index in [2.05, 4.69) is 0 Å². The van der Waals surface area contributed by atoms with E-state index in [4.69, 9.17) is 9.47 Å². The maximum absolute atomic E-state index is 11.3. The Hall–Kier alpha value is -0.690. The second-order valence-corrected chi connectivity index (χ2v) is 4.07. The summed E-state index contributed by atoms with van der Waals surface area (Å²) in [6.07, 6.45) is -1.94. The predicted octanol–water partition coefficient (Wildman–Crippen LogP) is 0.187. The van der Waals surface area contributed by atoms with Gasteiger partial charge in [-0.25, -0.2) is 4.79 Å². The van der Waals surface area contributed by atoms with Crippen LogP contribution in [-0.4, -0.2) is 53.0 Å². The Kier molecular flexibility index (Phi) is 9.86. The smallest absolute Gasteiger partial charge is 0.337 e. The number of rotatable bonds is 10. The number of ether oxygens (including phenoxy) is 2. The van der Waals surface area contributed by atoms with Crippen molar-refractivity contribution in [3.8, 4) is 0 Å². The Labute approximate surface area is 108 Å². The van der Waals surface area contributed by atoms with Crippen LogP contribution in [0, 0.1) is 0 Å². The van der Waals surface area contributed by atoms with E-state index >= 15 is 0 Å². The normalized spacial score (nSPS) is 16.1. The zero-order chi connectivity index (χ0) is 14.0. The lowest BCUT2D eigenvalue weighted by Crippen LogP contribution is -2.44. The molecule has 0 spiro atoms. The second kappa shape index (κ2) is 10.3. The Balaban J connectivity index is 3.98. The first kappa shape index (κ1) is 17.3. The number of unbranched alkanes of at least 4 members (excludes halogenated alkanes) is 2. The summed E-state index contributed by atoms with van der Waals surface area (Å²) in [6, 6.07) is 0. The summed E-state index contributed by atoms with van der Waals surface area (Å²) in [5.41, 5.74) is 0. The number of hydrogen-bond donors (Lipinski definition) is 3. The molecule has 0 aromatic rings. The third kappa shape index (κ3) is 6.90. The molecule has 0 bridgehead atoms. The Bertz CT molecular complexity index is 221. The first-order chi connectivity index (χ1) is 8.54. The van der Waals surface area contributed by atoms with Gasteiger partial charge in [0, 0.05) is 6.61 Å². The third-order valence-corrected chi connectivity index (χ3v) is 2.39. The Morgan fingerprint density at radius 1 is 1.06 bits per heavy atom. The molecule has 0 aliphatic carbocycles. The van der Waals surface area contributed by atoms with E-state index in [1.165, 1.54) is 0 Å². The van der Waals surface area contributed by atoms with Crippen molar-refractivity contribution < 1.29 is 29.6 Å². The molecule has 0 aliphatic rings. The highest BCUT2D eigenvalue weighted by Gasteiger charge is 2.32. The maximum atomic E-state index is 11.3. The number of hydrogen-bond acceptors (Lipinski definition) is 6. The molecule has 0 aromatic carbocycles. The highest BCUT2D eigenvalue weighted by Crippen LogP contribution is 2.05. The number of aliphatic hydroxyl groups excluding tert-OH is 3. The summed E-state index contributed by atoms with van der Waals surface area (Å²) in [5, 5.41) is 28.3. The van der Waals surface area contributed by atoms with E-state index in [9.17, 15) is 20.1 Å². The van der Waals surface area contributed by atoms with Gasteiger partial charge in [0.1, 0.15) is 6.10 Å². The first-order valence-corrected chi connectivity index (χ1v) is 6.37. The van der Waals surface area contributed by atoms with Crippen molar-refractivity contribution in [1.29, 1.82) is 0 Å². The van der Waals surface area contributed by atoms with E-state index < -0.39 is 24.5 Å². The van der Waals surface area contributed by atoms with E-state index in [1.54, 1.807) is 0 Å². The molecule has 0 saturated carbocycles. The van der Waals surface area contributed by atoms with Gasteiger partial charge in [-0.3, -0.25) is 0 Å². The Morgan fingerprint density at radius 3 is 2.17 bits per heavy atom. The average Bonchev–Trinajstić information content (AvgIpc) is 2.37. The molecular weight excluding hydrogens is 240 g/mol. The number of esters is 1. The number of carbonyl (C=O) groups is 1. The monoisotopic (exact) mass is 264 g/mol. The van der Waals surface area contributed by atoms with Gasteiger partial charge in [0.2, 0.25) is 0 Å². The lowest BCUT2D eigenvalue weighted by Gasteiger charge is -2.21. The topological polar surface area (TPSA) is 96.2 Å². The van der Waals surface area contributed by atoms with Crippen LogP contribution >= 0.6 is 0 Å². The van der Waals surface area contributed by atoms with Crippen molar-refractivity contribution >= 4 is 5.97 Å². The number of carbonyl (C=O) groups excluding carboxylic acids is 1. The van der Waals surface area contributed by atoms with Crippen molar-refractivity contribution in [1.82, 2.24) is 0 Å². The molecule has 108 valence electrons. The van der Waals surface area contributed by atoms with Crippen LogP contribution in [0.15, 0.2) is 0 Å². The highest BCUT2D eigenvalue weighted by molar-refractivity contribution is 5.75. The van der Waals surface area contributed by atoms with Crippen molar-refractivity contribution in [2.45, 2.75) is 58.0 Å². The lowest BCUT2D eigenvalue weighted by atomic mass is 10.2. The van der Waals surface area contributed by atoms with Crippen LogP contribution in [0.5, 0.6) is 0 Å². The largest absolute Gasteiger partial charge is 0.464 e. The minimum absolute atomic E-state index is 0.186. The molecule has 0 amide bonds. The predicted molar refractivity (Wildman–Crippen MR) is 64.7 cm³/mol. The van der Waals surface area contributed by atoms with Crippen molar-refractivity contribution in [3.63, 3.8) is 0 Å². The van der Waals surface area contributed by atoms with Gasteiger partial charge >= 0.3 is 5.97 Å². The molecule has 6 nitrogen and oxygen atoms in total. The summed E-state index contributed by atoms with van der Waals surface area (Å²) >= 11 is 0. The molecule has 3 atom stereocenters. The quantitative estimate of drug-likeness (QED) is 0.296. The maximum Gasteiger partial charge on any atom is 0.337 e. The van der Waals surface area contributed by atoms with Crippen LogP contribution in [-0.2, 0) is 14.3 Å². The standard InChI is InChI=1S/C12H24O6/c1-3-5-7-17-11(15)9(13)10(14)12(16)18-8-6-4-2/h9-11,13-15H,3-8H2,1-2H3/t9-,10+,11?/m0/s1. The molecule has 0 rings (SSSR count). The fraction of sp³-hybridized carbons (Fsp3) is 0.917. The van der Waals surface area contributed by atoms with Crippen LogP contribution in [0.25, 0.3) is 0 Å². The minimum Gasteiger partial charge on any atom is -0.464 e. The van der Waals surface area contributed by atoms with Crippen LogP contribution in [0.2, 0.25) is 0 Å². The van der Waals surface area contributed by atoms with Gasteiger partial charge in [-0.2, -0.15) is 0 Å². The minimum atomic E-state index is -1.79. The molecule has 0 aromatic heterocycles. The molecular formula is C12H24O6. The van der Waals surface area contributed by atoms with E-state index in [0.29, 0.717) is 6.42 Å². The fourth-order valence-corrected chi connectivity index (χ4v) is 1.14. The summed E-state index contributed by atoms with van der Waals surface area (Å²) in [7, 11) is 0. The van der Waals surface area contributed by atoms with Gasteiger partial charge < -0.3 is 24.8 Å². The van der Waals surface area contributed by atoms with E-state index in [1.807, 2.05) is 13.8 Å². The summed E-state index contributed by atoms with van der Waals surface area (Å²) in [5.74, 6) is -0.950. The molecule has 6 heteroatoms. The van der Waals surface area contributed by atoms with Crippen LogP contribution in [0.1, 0.15) is 39.5 Å². The molecule has 0 aliphatic heterocycles. The number of aliphatic hydroxyl groups is 3. The Morgan fingerprint density at radius 2 is 1.61 bits per heavy atom. The van der Waals surface area contributed by atoms with Crippen molar-refractivity contribution in [3.05, 3.63) is 0 Å². The van der Waals surface area contributed by atoms with Crippen LogP contribution < -0.4 is 0 Å². The fourth-order valence-electron chi connectivity index (χ4n) is 1.14. The van der Waals surface area contributed by atoms with Gasteiger partial charge in [-0.05, 0) is 12.8 Å². The molecule has 0 saturated heterocycles. The molecule has 3 N–H and O–H groups in total. The van der Waals surface area contributed by atoms with Gasteiger partial charge in [-0.15, -0.1) is 0 Å². The zero-order valence-electron chi connectivity index (χ0n) is 11.0. The molecule has 0 heterocycles. The SMILES string of the molecule is CCCCOC(=O)[C@H](O)[C@H](O)C(O)OCCCC. The molecule has 0 radical (unpaired) electrons. The lowest BCUT2D eigenvalue weighted by molar-refractivity contribution is -0.200. The first-order valence-electron chi connectivity index (χ1n) is 6.37. The van der Waals surface area contributed by atoms with E-state index in [0.717, 1.165) is 19.3 Å². The van der Waals surface area contributed by atoms with Gasteiger partial charge in [0.25, 0.3) is 0 Å². The van der Waals surface area contributed by atoms with Gasteiger partial charge in [-0.1, -0.05) is 26.7 Å². The van der Waals surface area contributed by atoms with Crippen molar-refractivity contribution in [2.75, 3.05) is 13.2 Å². The summed E-state index contributed by atoms with van der Waals surface area (Å²) in [4.78, 5) is 11.3. The van der Waals surface area contributed by atoms with Gasteiger partial charge in [0.05, 0.1) is 6.61 Å². The van der Waals surface area contributed by atoms with Crippen LogP contribution in [0.3, 0.4) is 0 Å². The van der Waals surface area contributed by atoms with E-state index in [-0.39, 0.29) is 13.2 Å². The van der Waals surface area contributed by atoms with Gasteiger partial charge in [0.15, 0.2) is 12.4 Å².